The molecule has 0 saturated carbocycles. The molecule has 1 atom stereocenters. The first-order valence-corrected chi connectivity index (χ1v) is 10.6. The van der Waals surface area contributed by atoms with Crippen molar-refractivity contribution in [3.8, 4) is 16.3 Å². The molecule has 1 aliphatic rings. The maximum atomic E-state index is 12.2. The van der Waals surface area contributed by atoms with Crippen molar-refractivity contribution in [2.24, 2.45) is 0 Å². The number of carbonyl (C=O) groups is 1. The van der Waals surface area contributed by atoms with Gasteiger partial charge in [-0.05, 0) is 48.6 Å². The van der Waals surface area contributed by atoms with E-state index in [0.717, 1.165) is 41.5 Å². The second-order valence-corrected chi connectivity index (χ2v) is 7.84. The monoisotopic (exact) mass is 401 g/mol. The summed E-state index contributed by atoms with van der Waals surface area (Å²) in [5, 5.41) is 6.93. The molecule has 140 valence electrons. The Kier molecular flexibility index (Phi) is 5.81. The number of esters is 1. The van der Waals surface area contributed by atoms with Gasteiger partial charge in [-0.25, -0.2) is 9.78 Å². The number of nitrogens with zero attached hydrogens (tertiary/aromatic N) is 1. The molecular formula is C20H19NO4S2. The third kappa shape index (κ3) is 4.74. The van der Waals surface area contributed by atoms with Crippen LogP contribution in [0.3, 0.4) is 0 Å². The molecule has 0 spiro atoms. The van der Waals surface area contributed by atoms with Crippen LogP contribution in [0.2, 0.25) is 0 Å². The summed E-state index contributed by atoms with van der Waals surface area (Å²) in [4.78, 5) is 16.7. The summed E-state index contributed by atoms with van der Waals surface area (Å²) < 4.78 is 16.6. The summed E-state index contributed by atoms with van der Waals surface area (Å²) in [5.41, 5.74) is 2.35. The molecule has 0 N–H and O–H groups in total. The van der Waals surface area contributed by atoms with E-state index < -0.39 is 0 Å². The maximum Gasteiger partial charge on any atom is 0.338 e. The summed E-state index contributed by atoms with van der Waals surface area (Å²) >= 11 is 3.18. The average Bonchev–Trinajstić information content (AvgIpc) is 3.47. The molecule has 27 heavy (non-hydrogen) atoms. The number of carbonyl (C=O) groups excluding carboxylic acids is 1. The zero-order chi connectivity index (χ0) is 18.5. The van der Waals surface area contributed by atoms with Crippen molar-refractivity contribution in [3.63, 3.8) is 0 Å². The maximum absolute atomic E-state index is 12.2. The minimum Gasteiger partial charge on any atom is -0.491 e. The molecule has 4 rings (SSSR count). The fourth-order valence-electron chi connectivity index (χ4n) is 2.77. The number of thiophene rings is 1. The standard InChI is InChI=1S/C20H19NO4S2/c22-20(25-10-16-13-27-19(21-16)15-7-9-26-12-15)14-3-5-17(6-4-14)24-11-18-2-1-8-23-18/h3-7,9,12-13,18H,1-2,8,10-11H2/t18-/m0/s1. The Hall–Kier alpha value is -2.22. The summed E-state index contributed by atoms with van der Waals surface area (Å²) in [6.45, 7) is 1.52. The molecule has 1 fully saturated rings. The predicted octanol–water partition coefficient (Wildman–Crippen LogP) is 4.79. The van der Waals surface area contributed by atoms with Crippen LogP contribution in [0.1, 0.15) is 28.9 Å². The minimum absolute atomic E-state index is 0.163. The van der Waals surface area contributed by atoms with Gasteiger partial charge in [0.05, 0.1) is 17.4 Å². The molecule has 7 heteroatoms. The molecule has 0 radical (unpaired) electrons. The van der Waals surface area contributed by atoms with Gasteiger partial charge in [-0.2, -0.15) is 11.3 Å². The molecule has 0 bridgehead atoms. The Morgan fingerprint density at radius 3 is 2.85 bits per heavy atom. The van der Waals surface area contributed by atoms with E-state index in [2.05, 4.69) is 10.4 Å². The van der Waals surface area contributed by atoms with Crippen LogP contribution in [0, 0.1) is 0 Å². The predicted molar refractivity (Wildman–Crippen MR) is 105 cm³/mol. The number of hydrogen-bond acceptors (Lipinski definition) is 7. The van der Waals surface area contributed by atoms with Crippen LogP contribution in [0.25, 0.3) is 10.6 Å². The second kappa shape index (κ2) is 8.65. The molecule has 1 aromatic carbocycles. The molecule has 1 saturated heterocycles. The SMILES string of the molecule is O=C(OCc1csc(-c2ccsc2)n1)c1ccc(OC[C@@H]2CCCO2)cc1. The first-order valence-electron chi connectivity index (χ1n) is 8.76. The highest BCUT2D eigenvalue weighted by Crippen LogP contribution is 2.26. The Balaban J connectivity index is 1.28. The largest absolute Gasteiger partial charge is 0.491 e. The molecule has 0 aliphatic carbocycles. The lowest BCUT2D eigenvalue weighted by molar-refractivity contribution is 0.0468. The molecule has 3 aromatic rings. The normalized spacial score (nSPS) is 16.4. The third-order valence-electron chi connectivity index (χ3n) is 4.22. The number of aromatic nitrogens is 1. The molecule has 0 amide bonds. The van der Waals surface area contributed by atoms with E-state index in [9.17, 15) is 4.79 Å². The molecule has 1 aliphatic heterocycles. The van der Waals surface area contributed by atoms with Gasteiger partial charge in [0.25, 0.3) is 0 Å². The number of ether oxygens (including phenoxy) is 3. The van der Waals surface area contributed by atoms with E-state index in [1.165, 1.54) is 0 Å². The number of thiazole rings is 1. The fraction of sp³-hybridized carbons (Fsp3) is 0.300. The summed E-state index contributed by atoms with van der Waals surface area (Å²) in [6.07, 6.45) is 2.30. The Bertz CT molecular complexity index is 868. The topological polar surface area (TPSA) is 57.7 Å². The lowest BCUT2D eigenvalue weighted by Crippen LogP contribution is -2.16. The van der Waals surface area contributed by atoms with Gasteiger partial charge in [0.15, 0.2) is 0 Å². The van der Waals surface area contributed by atoms with Crippen molar-refractivity contribution in [3.05, 3.63) is 57.7 Å². The van der Waals surface area contributed by atoms with E-state index in [1.54, 1.807) is 46.9 Å². The van der Waals surface area contributed by atoms with Gasteiger partial charge in [-0.15, -0.1) is 11.3 Å². The first kappa shape index (κ1) is 18.2. The molecular weight excluding hydrogens is 382 g/mol. The lowest BCUT2D eigenvalue weighted by Gasteiger charge is -2.11. The average molecular weight is 402 g/mol. The Morgan fingerprint density at radius 1 is 1.22 bits per heavy atom. The zero-order valence-corrected chi connectivity index (χ0v) is 16.3. The van der Waals surface area contributed by atoms with E-state index in [-0.39, 0.29) is 18.7 Å². The summed E-state index contributed by atoms with van der Waals surface area (Å²) in [5.74, 6) is 0.354. The number of rotatable bonds is 7. The Labute approximate surface area is 165 Å². The van der Waals surface area contributed by atoms with Crippen LogP contribution in [-0.4, -0.2) is 30.3 Å². The minimum atomic E-state index is -0.370. The van der Waals surface area contributed by atoms with E-state index in [4.69, 9.17) is 14.2 Å². The Morgan fingerprint density at radius 2 is 2.11 bits per heavy atom. The van der Waals surface area contributed by atoms with Crippen LogP contribution >= 0.6 is 22.7 Å². The van der Waals surface area contributed by atoms with Crippen molar-refractivity contribution < 1.29 is 19.0 Å². The number of benzene rings is 1. The van der Waals surface area contributed by atoms with E-state index in [1.807, 2.05) is 16.8 Å². The fourth-order valence-corrected chi connectivity index (χ4v) is 4.28. The summed E-state index contributed by atoms with van der Waals surface area (Å²) in [6, 6.07) is 9.02. The van der Waals surface area contributed by atoms with Gasteiger partial charge in [0.2, 0.25) is 0 Å². The van der Waals surface area contributed by atoms with Crippen LogP contribution in [0.4, 0.5) is 0 Å². The van der Waals surface area contributed by atoms with Crippen molar-refractivity contribution in [1.82, 2.24) is 4.98 Å². The second-order valence-electron chi connectivity index (χ2n) is 6.20. The van der Waals surface area contributed by atoms with Crippen molar-refractivity contribution in [2.75, 3.05) is 13.2 Å². The quantitative estimate of drug-likeness (QED) is 0.533. The van der Waals surface area contributed by atoms with Gasteiger partial charge in [-0.1, -0.05) is 0 Å². The van der Waals surface area contributed by atoms with Gasteiger partial charge in [-0.3, -0.25) is 0 Å². The van der Waals surface area contributed by atoms with Crippen LogP contribution in [0.15, 0.2) is 46.5 Å². The molecule has 2 aromatic heterocycles. The highest BCUT2D eigenvalue weighted by Gasteiger charge is 2.16. The molecule has 3 heterocycles. The van der Waals surface area contributed by atoms with Crippen molar-refractivity contribution in [2.45, 2.75) is 25.6 Å². The molecule has 0 unspecified atom stereocenters. The zero-order valence-electron chi connectivity index (χ0n) is 14.6. The lowest BCUT2D eigenvalue weighted by atomic mass is 10.2. The van der Waals surface area contributed by atoms with Gasteiger partial charge in [0.1, 0.15) is 24.0 Å². The molecule has 5 nitrogen and oxygen atoms in total. The number of hydrogen-bond donors (Lipinski definition) is 0. The van der Waals surface area contributed by atoms with Crippen LogP contribution < -0.4 is 4.74 Å². The van der Waals surface area contributed by atoms with Crippen LogP contribution in [-0.2, 0) is 16.1 Å². The highest BCUT2D eigenvalue weighted by atomic mass is 32.1. The highest BCUT2D eigenvalue weighted by molar-refractivity contribution is 7.14. The third-order valence-corrected chi connectivity index (χ3v) is 5.84. The van der Waals surface area contributed by atoms with Crippen molar-refractivity contribution >= 4 is 28.6 Å². The van der Waals surface area contributed by atoms with Gasteiger partial charge < -0.3 is 14.2 Å². The van der Waals surface area contributed by atoms with Crippen LogP contribution in [0.5, 0.6) is 5.75 Å². The summed E-state index contributed by atoms with van der Waals surface area (Å²) in [7, 11) is 0. The van der Waals surface area contributed by atoms with Gasteiger partial charge in [0, 0.05) is 22.9 Å². The van der Waals surface area contributed by atoms with Crippen molar-refractivity contribution in [1.29, 1.82) is 0 Å². The first-order chi connectivity index (χ1) is 13.3. The van der Waals surface area contributed by atoms with Gasteiger partial charge >= 0.3 is 5.97 Å². The van der Waals surface area contributed by atoms with E-state index >= 15 is 0 Å². The smallest absolute Gasteiger partial charge is 0.338 e. The van der Waals surface area contributed by atoms with E-state index in [0.29, 0.717) is 12.2 Å².